The number of sulfonamides is 1. The Bertz CT molecular complexity index is 1320. The van der Waals surface area contributed by atoms with Crippen molar-refractivity contribution in [3.8, 4) is 5.75 Å². The number of carbonyl (C=O) groups excluding carboxylic acids is 2. The summed E-state index contributed by atoms with van der Waals surface area (Å²) in [6, 6.07) is 19.7. The smallest absolute Gasteiger partial charge is 0.264 e. The highest BCUT2D eigenvalue weighted by molar-refractivity contribution is 7.92. The molecule has 0 unspecified atom stereocenters. The molecule has 1 atom stereocenters. The number of hydrogen-bond acceptors (Lipinski definition) is 5. The zero-order chi connectivity index (χ0) is 27.2. The van der Waals surface area contributed by atoms with Crippen LogP contribution in [0.2, 0.25) is 0 Å². The topological polar surface area (TPSA) is 96.0 Å². The lowest BCUT2D eigenvalue weighted by atomic mass is 10.1. The van der Waals surface area contributed by atoms with Gasteiger partial charge in [0.25, 0.3) is 10.0 Å². The Morgan fingerprint density at radius 2 is 1.54 bits per heavy atom. The molecule has 0 bridgehead atoms. The predicted molar refractivity (Wildman–Crippen MR) is 144 cm³/mol. The number of rotatable bonds is 10. The summed E-state index contributed by atoms with van der Waals surface area (Å²) in [5, 5.41) is 2.58. The van der Waals surface area contributed by atoms with Crippen LogP contribution >= 0.6 is 0 Å². The Hall–Kier alpha value is -3.85. The molecule has 2 amide bonds. The first-order valence-electron chi connectivity index (χ1n) is 11.9. The number of likely N-dealkylation sites (N-methyl/N-ethyl adjacent to an activating group) is 1. The molecule has 3 aromatic rings. The molecule has 0 radical (unpaired) electrons. The molecule has 3 rings (SSSR count). The van der Waals surface area contributed by atoms with Crippen molar-refractivity contribution < 1.29 is 22.7 Å². The number of nitrogens with one attached hydrogen (secondary N) is 1. The van der Waals surface area contributed by atoms with Crippen LogP contribution in [0.3, 0.4) is 0 Å². The first-order valence-corrected chi connectivity index (χ1v) is 13.3. The van der Waals surface area contributed by atoms with E-state index in [1.807, 2.05) is 19.9 Å². The van der Waals surface area contributed by atoms with Gasteiger partial charge in [-0.25, -0.2) is 8.42 Å². The van der Waals surface area contributed by atoms with Crippen molar-refractivity contribution in [1.29, 1.82) is 0 Å². The van der Waals surface area contributed by atoms with E-state index in [1.165, 1.54) is 24.1 Å². The van der Waals surface area contributed by atoms with Gasteiger partial charge in [-0.1, -0.05) is 36.4 Å². The molecule has 0 aliphatic heterocycles. The summed E-state index contributed by atoms with van der Waals surface area (Å²) in [6.45, 7) is 5.00. The van der Waals surface area contributed by atoms with E-state index in [0.717, 1.165) is 21.0 Å². The third-order valence-electron chi connectivity index (χ3n) is 6.03. The Labute approximate surface area is 218 Å². The molecule has 0 saturated carbocycles. The van der Waals surface area contributed by atoms with E-state index in [9.17, 15) is 18.0 Å². The molecule has 37 heavy (non-hydrogen) atoms. The first kappa shape index (κ1) is 27.7. The molecule has 1 N–H and O–H groups in total. The fraction of sp³-hybridized carbons (Fsp3) is 0.286. The molecule has 0 fully saturated rings. The molecule has 196 valence electrons. The second-order valence-corrected chi connectivity index (χ2v) is 10.7. The van der Waals surface area contributed by atoms with E-state index in [4.69, 9.17) is 4.74 Å². The number of aryl methyl sites for hydroxylation is 2. The number of amides is 2. The van der Waals surface area contributed by atoms with Crippen LogP contribution in [0, 0.1) is 13.8 Å². The second kappa shape index (κ2) is 11.9. The molecular formula is C28H33N3O5S. The maximum Gasteiger partial charge on any atom is 0.264 e. The monoisotopic (exact) mass is 523 g/mol. The standard InChI is InChI=1S/C28H33N3O5S/c1-20-15-21(2)17-24(16-20)31(37(34,35)26-9-7-6-8-10-26)19-27(32)30(22(3)28(33)29-4)18-23-11-13-25(36-5)14-12-23/h6-17,22H,18-19H2,1-5H3,(H,29,33)/t22-/m0/s1. The van der Waals surface area contributed by atoms with Crippen molar-refractivity contribution in [3.63, 3.8) is 0 Å². The highest BCUT2D eigenvalue weighted by Gasteiger charge is 2.32. The van der Waals surface area contributed by atoms with Crippen molar-refractivity contribution in [2.24, 2.45) is 0 Å². The van der Waals surface area contributed by atoms with Crippen LogP contribution in [0.4, 0.5) is 5.69 Å². The van der Waals surface area contributed by atoms with Crippen molar-refractivity contribution >= 4 is 27.5 Å². The molecular weight excluding hydrogens is 490 g/mol. The van der Waals surface area contributed by atoms with Crippen LogP contribution < -0.4 is 14.4 Å². The van der Waals surface area contributed by atoms with Gasteiger partial charge < -0.3 is 15.0 Å². The van der Waals surface area contributed by atoms with Gasteiger partial charge in [0.15, 0.2) is 0 Å². The summed E-state index contributed by atoms with van der Waals surface area (Å²) in [5.41, 5.74) is 2.88. The van der Waals surface area contributed by atoms with Gasteiger partial charge in [0.1, 0.15) is 18.3 Å². The minimum atomic E-state index is -4.08. The number of methoxy groups -OCH3 is 1. The van der Waals surface area contributed by atoms with E-state index in [-0.39, 0.29) is 17.3 Å². The zero-order valence-electron chi connectivity index (χ0n) is 21.8. The maximum absolute atomic E-state index is 13.8. The number of carbonyl (C=O) groups is 2. The highest BCUT2D eigenvalue weighted by atomic mass is 32.2. The lowest BCUT2D eigenvalue weighted by Gasteiger charge is -2.32. The summed E-state index contributed by atoms with van der Waals surface area (Å²) in [6.07, 6.45) is 0. The van der Waals surface area contributed by atoms with Gasteiger partial charge in [0, 0.05) is 13.6 Å². The van der Waals surface area contributed by atoms with Gasteiger partial charge in [-0.3, -0.25) is 13.9 Å². The Balaban J connectivity index is 2.04. The first-order chi connectivity index (χ1) is 17.6. The van der Waals surface area contributed by atoms with Gasteiger partial charge in [0.2, 0.25) is 11.8 Å². The molecule has 0 aliphatic carbocycles. The van der Waals surface area contributed by atoms with Crippen LogP contribution in [-0.2, 0) is 26.2 Å². The van der Waals surface area contributed by atoms with Crippen molar-refractivity contribution in [3.05, 3.63) is 89.5 Å². The van der Waals surface area contributed by atoms with Crippen LogP contribution in [0.1, 0.15) is 23.6 Å². The molecule has 0 heterocycles. The molecule has 3 aromatic carbocycles. The van der Waals surface area contributed by atoms with Crippen molar-refractivity contribution in [2.45, 2.75) is 38.3 Å². The average molecular weight is 524 g/mol. The molecule has 8 nitrogen and oxygen atoms in total. The summed E-state index contributed by atoms with van der Waals surface area (Å²) < 4.78 is 33.8. The van der Waals surface area contributed by atoms with Crippen LogP contribution in [0.15, 0.2) is 77.7 Å². The van der Waals surface area contributed by atoms with Gasteiger partial charge in [-0.05, 0) is 73.9 Å². The largest absolute Gasteiger partial charge is 0.497 e. The number of nitrogens with zero attached hydrogens (tertiary/aromatic N) is 2. The lowest BCUT2D eigenvalue weighted by Crippen LogP contribution is -2.50. The Kier molecular flexibility index (Phi) is 8.94. The van der Waals surface area contributed by atoms with Crippen LogP contribution in [0.5, 0.6) is 5.75 Å². The van der Waals surface area contributed by atoms with Gasteiger partial charge in [0.05, 0.1) is 17.7 Å². The number of ether oxygens (including phenoxy) is 1. The van der Waals surface area contributed by atoms with E-state index < -0.39 is 28.5 Å². The highest BCUT2D eigenvalue weighted by Crippen LogP contribution is 2.26. The second-order valence-electron chi connectivity index (χ2n) is 8.83. The molecule has 0 saturated heterocycles. The maximum atomic E-state index is 13.8. The summed E-state index contributed by atoms with van der Waals surface area (Å²) in [7, 11) is -1.02. The van der Waals surface area contributed by atoms with Gasteiger partial charge >= 0.3 is 0 Å². The van der Waals surface area contributed by atoms with E-state index in [0.29, 0.717) is 11.4 Å². The van der Waals surface area contributed by atoms with E-state index in [2.05, 4.69) is 5.32 Å². The summed E-state index contributed by atoms with van der Waals surface area (Å²) in [5.74, 6) is -0.202. The average Bonchev–Trinajstić information content (AvgIpc) is 2.89. The van der Waals surface area contributed by atoms with Crippen molar-refractivity contribution in [1.82, 2.24) is 10.2 Å². The Morgan fingerprint density at radius 1 is 0.946 bits per heavy atom. The normalized spacial score (nSPS) is 11.9. The lowest BCUT2D eigenvalue weighted by molar-refractivity contribution is -0.139. The third-order valence-corrected chi connectivity index (χ3v) is 7.82. The SMILES string of the molecule is CNC(=O)[C@H](C)N(Cc1ccc(OC)cc1)C(=O)CN(c1cc(C)cc(C)c1)S(=O)(=O)c1ccccc1. The summed E-state index contributed by atoms with van der Waals surface area (Å²) >= 11 is 0. The van der Waals surface area contributed by atoms with Crippen LogP contribution in [-0.4, -0.2) is 51.9 Å². The van der Waals surface area contributed by atoms with Gasteiger partial charge in [-0.15, -0.1) is 0 Å². The van der Waals surface area contributed by atoms with Crippen molar-refractivity contribution in [2.75, 3.05) is 25.0 Å². The fourth-order valence-electron chi connectivity index (χ4n) is 4.06. The molecule has 0 spiro atoms. The van der Waals surface area contributed by atoms with E-state index >= 15 is 0 Å². The third kappa shape index (κ3) is 6.68. The quantitative estimate of drug-likeness (QED) is 0.438. The molecule has 9 heteroatoms. The minimum Gasteiger partial charge on any atom is -0.497 e. The zero-order valence-corrected chi connectivity index (χ0v) is 22.6. The predicted octanol–water partition coefficient (Wildman–Crippen LogP) is 3.67. The fourth-order valence-corrected chi connectivity index (χ4v) is 5.48. The number of benzene rings is 3. The molecule has 0 aliphatic rings. The van der Waals surface area contributed by atoms with Crippen LogP contribution in [0.25, 0.3) is 0 Å². The summed E-state index contributed by atoms with van der Waals surface area (Å²) in [4.78, 5) is 27.8. The number of anilines is 1. The number of hydrogen-bond donors (Lipinski definition) is 1. The Morgan fingerprint density at radius 3 is 2.08 bits per heavy atom. The van der Waals surface area contributed by atoms with Gasteiger partial charge in [-0.2, -0.15) is 0 Å². The minimum absolute atomic E-state index is 0.0722. The van der Waals surface area contributed by atoms with E-state index in [1.54, 1.807) is 68.6 Å². The molecule has 0 aromatic heterocycles.